The maximum absolute atomic E-state index is 12.4. The fourth-order valence-corrected chi connectivity index (χ4v) is 4.28. The zero-order chi connectivity index (χ0) is 21.5. The lowest BCUT2D eigenvalue weighted by molar-refractivity contribution is 0.0708. The SMILES string of the molecule is O=C(Nc1cccc(CSc2ccccn2)c1)NC1CCN(C(=O)c2ccoc2)CC1. The molecule has 3 aromatic rings. The zero-order valence-corrected chi connectivity index (χ0v) is 17.8. The molecule has 7 nitrogen and oxygen atoms in total. The van der Waals surface area contributed by atoms with E-state index < -0.39 is 0 Å². The number of benzene rings is 1. The van der Waals surface area contributed by atoms with Crippen molar-refractivity contribution >= 4 is 29.4 Å². The molecule has 1 fully saturated rings. The predicted octanol–water partition coefficient (Wildman–Crippen LogP) is 4.39. The van der Waals surface area contributed by atoms with E-state index in [0.717, 1.165) is 34.9 Å². The lowest BCUT2D eigenvalue weighted by atomic mass is 10.0. The number of urea groups is 1. The first-order valence-electron chi connectivity index (χ1n) is 10.2. The van der Waals surface area contributed by atoms with Crippen LogP contribution < -0.4 is 10.6 Å². The highest BCUT2D eigenvalue weighted by Crippen LogP contribution is 2.22. The molecule has 2 aromatic heterocycles. The standard InChI is InChI=1S/C23H24N4O3S/c28-22(18-9-13-30-15-18)27-11-7-19(8-12-27)25-23(29)26-20-5-3-4-17(14-20)16-31-21-6-1-2-10-24-21/h1-6,9-10,13-15,19H,7-8,11-12,16H2,(H2,25,26,29). The van der Waals surface area contributed by atoms with E-state index in [1.54, 1.807) is 28.9 Å². The molecule has 3 heterocycles. The van der Waals surface area contributed by atoms with Crippen molar-refractivity contribution in [3.05, 3.63) is 78.4 Å². The van der Waals surface area contributed by atoms with Crippen LogP contribution in [0.15, 0.2) is 76.7 Å². The molecule has 0 radical (unpaired) electrons. The van der Waals surface area contributed by atoms with Crippen molar-refractivity contribution in [2.24, 2.45) is 0 Å². The molecule has 1 aliphatic heterocycles. The van der Waals surface area contributed by atoms with Crippen LogP contribution in [0.3, 0.4) is 0 Å². The minimum absolute atomic E-state index is 0.0305. The number of nitrogens with zero attached hydrogens (tertiary/aromatic N) is 2. The molecule has 2 N–H and O–H groups in total. The number of carbonyl (C=O) groups excluding carboxylic acids is 2. The van der Waals surface area contributed by atoms with Crippen LogP contribution in [0, 0.1) is 0 Å². The number of nitrogens with one attached hydrogen (secondary N) is 2. The van der Waals surface area contributed by atoms with Crippen LogP contribution in [0.2, 0.25) is 0 Å². The van der Waals surface area contributed by atoms with Crippen LogP contribution >= 0.6 is 11.8 Å². The van der Waals surface area contributed by atoms with Gasteiger partial charge < -0.3 is 20.0 Å². The molecule has 0 aliphatic carbocycles. The predicted molar refractivity (Wildman–Crippen MR) is 120 cm³/mol. The van der Waals surface area contributed by atoms with Gasteiger partial charge in [-0.15, -0.1) is 11.8 Å². The first-order valence-corrected chi connectivity index (χ1v) is 11.2. The number of anilines is 1. The summed E-state index contributed by atoms with van der Waals surface area (Å²) in [5.41, 5.74) is 2.42. The van der Waals surface area contributed by atoms with Crippen LogP contribution in [0.25, 0.3) is 0 Å². The number of aromatic nitrogens is 1. The highest BCUT2D eigenvalue weighted by molar-refractivity contribution is 7.98. The van der Waals surface area contributed by atoms with Gasteiger partial charge in [0.25, 0.3) is 5.91 Å². The van der Waals surface area contributed by atoms with Crippen LogP contribution in [-0.2, 0) is 5.75 Å². The molecule has 8 heteroatoms. The number of hydrogen-bond donors (Lipinski definition) is 2. The molecule has 3 amide bonds. The van der Waals surface area contributed by atoms with E-state index in [0.29, 0.717) is 18.7 Å². The molecular formula is C23H24N4O3S. The number of carbonyl (C=O) groups is 2. The average molecular weight is 437 g/mol. The summed E-state index contributed by atoms with van der Waals surface area (Å²) in [6.07, 6.45) is 6.18. The molecule has 0 unspecified atom stereocenters. The summed E-state index contributed by atoms with van der Waals surface area (Å²) in [4.78, 5) is 30.9. The Labute approximate surface area is 185 Å². The van der Waals surface area contributed by atoms with Gasteiger partial charge in [0.2, 0.25) is 0 Å². The molecule has 4 rings (SSSR count). The van der Waals surface area contributed by atoms with E-state index in [1.165, 1.54) is 12.5 Å². The van der Waals surface area contributed by atoms with Crippen LogP contribution in [-0.4, -0.2) is 41.0 Å². The molecule has 31 heavy (non-hydrogen) atoms. The van der Waals surface area contributed by atoms with Crippen molar-refractivity contribution < 1.29 is 14.0 Å². The summed E-state index contributed by atoms with van der Waals surface area (Å²) < 4.78 is 4.99. The van der Waals surface area contributed by atoms with Crippen molar-refractivity contribution in [3.63, 3.8) is 0 Å². The lowest BCUT2D eigenvalue weighted by Crippen LogP contribution is -2.47. The average Bonchev–Trinajstić information content (AvgIpc) is 3.34. The van der Waals surface area contributed by atoms with E-state index >= 15 is 0 Å². The maximum atomic E-state index is 12.4. The third-order valence-corrected chi connectivity index (χ3v) is 6.11. The molecule has 0 atom stereocenters. The van der Waals surface area contributed by atoms with Crippen LogP contribution in [0.1, 0.15) is 28.8 Å². The van der Waals surface area contributed by atoms with Gasteiger partial charge in [0.15, 0.2) is 0 Å². The molecule has 1 aliphatic rings. The van der Waals surface area contributed by atoms with Gasteiger partial charge in [-0.1, -0.05) is 18.2 Å². The van der Waals surface area contributed by atoms with E-state index in [9.17, 15) is 9.59 Å². The Morgan fingerprint density at radius 1 is 1.13 bits per heavy atom. The molecule has 1 saturated heterocycles. The Morgan fingerprint density at radius 3 is 2.74 bits per heavy atom. The van der Waals surface area contributed by atoms with Crippen molar-refractivity contribution in [2.45, 2.75) is 29.7 Å². The summed E-state index contributed by atoms with van der Waals surface area (Å²) >= 11 is 1.65. The van der Waals surface area contributed by atoms with Crippen molar-refractivity contribution in [1.29, 1.82) is 0 Å². The van der Waals surface area contributed by atoms with Crippen molar-refractivity contribution in [2.75, 3.05) is 18.4 Å². The number of pyridine rings is 1. The van der Waals surface area contributed by atoms with Crippen LogP contribution in [0.5, 0.6) is 0 Å². The molecular weight excluding hydrogens is 412 g/mol. The Balaban J connectivity index is 1.23. The van der Waals surface area contributed by atoms with E-state index in [2.05, 4.69) is 15.6 Å². The number of furan rings is 1. The largest absolute Gasteiger partial charge is 0.472 e. The van der Waals surface area contributed by atoms with Gasteiger partial charge >= 0.3 is 6.03 Å². The molecule has 0 spiro atoms. The first kappa shape index (κ1) is 21.0. The molecule has 0 bridgehead atoms. The van der Waals surface area contributed by atoms with E-state index in [-0.39, 0.29) is 18.0 Å². The Hall–Kier alpha value is -3.26. The first-order chi connectivity index (χ1) is 15.2. The second-order valence-electron chi connectivity index (χ2n) is 7.33. The Morgan fingerprint density at radius 2 is 2.00 bits per heavy atom. The summed E-state index contributed by atoms with van der Waals surface area (Å²) in [7, 11) is 0. The molecule has 1 aromatic carbocycles. The van der Waals surface area contributed by atoms with Gasteiger partial charge in [0.1, 0.15) is 6.26 Å². The van der Waals surface area contributed by atoms with Gasteiger partial charge in [-0.25, -0.2) is 9.78 Å². The number of thioether (sulfide) groups is 1. The van der Waals surface area contributed by atoms with Gasteiger partial charge in [0.05, 0.1) is 16.9 Å². The van der Waals surface area contributed by atoms with Gasteiger partial charge in [0, 0.05) is 36.8 Å². The van der Waals surface area contributed by atoms with Gasteiger partial charge in [-0.3, -0.25) is 4.79 Å². The quantitative estimate of drug-likeness (QED) is 0.560. The van der Waals surface area contributed by atoms with Crippen LogP contribution in [0.4, 0.5) is 10.5 Å². The highest BCUT2D eigenvalue weighted by atomic mass is 32.2. The third kappa shape index (κ3) is 5.88. The minimum atomic E-state index is -0.228. The number of rotatable bonds is 6. The number of hydrogen-bond acceptors (Lipinski definition) is 5. The highest BCUT2D eigenvalue weighted by Gasteiger charge is 2.25. The summed E-state index contributed by atoms with van der Waals surface area (Å²) in [5, 5.41) is 6.90. The van der Waals surface area contributed by atoms with Crippen molar-refractivity contribution in [1.82, 2.24) is 15.2 Å². The minimum Gasteiger partial charge on any atom is -0.472 e. The molecule has 160 valence electrons. The summed E-state index contributed by atoms with van der Waals surface area (Å²) in [6, 6.07) is 15.1. The topological polar surface area (TPSA) is 87.5 Å². The maximum Gasteiger partial charge on any atom is 0.319 e. The smallest absolute Gasteiger partial charge is 0.319 e. The van der Waals surface area contributed by atoms with Crippen molar-refractivity contribution in [3.8, 4) is 0 Å². The third-order valence-electron chi connectivity index (χ3n) is 5.09. The second-order valence-corrected chi connectivity index (χ2v) is 8.33. The zero-order valence-electron chi connectivity index (χ0n) is 17.0. The normalized spacial score (nSPS) is 14.3. The Kier molecular flexibility index (Phi) is 6.89. The van der Waals surface area contributed by atoms with Gasteiger partial charge in [-0.2, -0.15) is 0 Å². The number of likely N-dealkylation sites (tertiary alicyclic amines) is 1. The van der Waals surface area contributed by atoms with Gasteiger partial charge in [-0.05, 0) is 48.7 Å². The molecule has 0 saturated carbocycles. The number of piperidine rings is 1. The monoisotopic (exact) mass is 436 g/mol. The fraction of sp³-hybridized carbons (Fsp3) is 0.261. The lowest BCUT2D eigenvalue weighted by Gasteiger charge is -2.32. The summed E-state index contributed by atoms with van der Waals surface area (Å²) in [5.74, 6) is 0.745. The number of amides is 3. The van der Waals surface area contributed by atoms with E-state index in [1.807, 2.05) is 42.5 Å². The second kappa shape index (κ2) is 10.2. The fourth-order valence-electron chi connectivity index (χ4n) is 3.48. The summed E-state index contributed by atoms with van der Waals surface area (Å²) in [6.45, 7) is 1.21. The van der Waals surface area contributed by atoms with E-state index in [4.69, 9.17) is 4.42 Å². The Bertz CT molecular complexity index is 1000.